The number of imidazole rings is 1. The van der Waals surface area contributed by atoms with Crippen LogP contribution in [0, 0.1) is 17.7 Å². The van der Waals surface area contributed by atoms with Gasteiger partial charge in [-0.1, -0.05) is 51.0 Å². The van der Waals surface area contributed by atoms with E-state index in [-0.39, 0.29) is 30.2 Å². The minimum absolute atomic E-state index is 0.0803. The molecule has 0 saturated heterocycles. The van der Waals surface area contributed by atoms with Crippen LogP contribution in [0.1, 0.15) is 56.2 Å². The van der Waals surface area contributed by atoms with Crippen molar-refractivity contribution < 1.29 is 14.0 Å². The number of nitrogens with one attached hydrogen (secondary N) is 1. The molecule has 1 aliphatic carbocycles. The summed E-state index contributed by atoms with van der Waals surface area (Å²) in [6, 6.07) is 13.8. The summed E-state index contributed by atoms with van der Waals surface area (Å²) < 4.78 is 15.4. The Hall–Kier alpha value is -3.22. The largest absolute Gasteiger partial charge is 0.351 e. The Morgan fingerprint density at radius 3 is 2.65 bits per heavy atom. The standard InChI is InChI=1S/C27H31FN4O2/c1-17-7-6-9-21(18(17)2)30-26(34)27(3)16-31-23-10-5-4-8-22(23)29-24(31)25(33)32(27)15-19-11-13-20(28)14-12-19/h4-5,8,10-14,17-18,21H,6-7,9,15-16H2,1-3H3,(H,30,34)/t17-,18+,21+,27+/m1/s1. The zero-order valence-corrected chi connectivity index (χ0v) is 19.9. The molecule has 5 rings (SSSR count). The highest BCUT2D eigenvalue weighted by Crippen LogP contribution is 2.34. The Balaban J connectivity index is 1.54. The van der Waals surface area contributed by atoms with Gasteiger partial charge >= 0.3 is 0 Å². The molecule has 1 aliphatic heterocycles. The first-order valence-electron chi connectivity index (χ1n) is 12.1. The van der Waals surface area contributed by atoms with Crippen LogP contribution in [0.25, 0.3) is 11.0 Å². The van der Waals surface area contributed by atoms with Gasteiger partial charge in [0.05, 0.1) is 17.6 Å². The lowest BCUT2D eigenvalue weighted by Crippen LogP contribution is -2.65. The summed E-state index contributed by atoms with van der Waals surface area (Å²) in [5.41, 5.74) is 1.21. The van der Waals surface area contributed by atoms with Gasteiger partial charge < -0.3 is 14.8 Å². The number of carbonyl (C=O) groups excluding carboxylic acids is 2. The number of nitrogens with zero attached hydrogens (tertiary/aromatic N) is 3. The third-order valence-corrected chi connectivity index (χ3v) is 7.92. The predicted octanol–water partition coefficient (Wildman–Crippen LogP) is 4.53. The van der Waals surface area contributed by atoms with Crippen molar-refractivity contribution in [2.45, 2.75) is 64.7 Å². The van der Waals surface area contributed by atoms with Gasteiger partial charge in [-0.3, -0.25) is 9.59 Å². The molecular weight excluding hydrogens is 431 g/mol. The maximum atomic E-state index is 13.9. The van der Waals surface area contributed by atoms with Crippen molar-refractivity contribution >= 4 is 22.8 Å². The van der Waals surface area contributed by atoms with Crippen LogP contribution in [0.4, 0.5) is 4.39 Å². The van der Waals surface area contributed by atoms with E-state index in [4.69, 9.17) is 0 Å². The second-order valence-electron chi connectivity index (χ2n) is 10.1. The maximum Gasteiger partial charge on any atom is 0.291 e. The molecule has 2 heterocycles. The third kappa shape index (κ3) is 3.77. The van der Waals surface area contributed by atoms with Gasteiger partial charge in [-0.15, -0.1) is 0 Å². The smallest absolute Gasteiger partial charge is 0.291 e. The fourth-order valence-electron chi connectivity index (χ4n) is 5.46. The van der Waals surface area contributed by atoms with Crippen LogP contribution in [0.15, 0.2) is 48.5 Å². The van der Waals surface area contributed by atoms with Crippen molar-refractivity contribution in [1.29, 1.82) is 0 Å². The summed E-state index contributed by atoms with van der Waals surface area (Å²) >= 11 is 0. The number of para-hydroxylation sites is 2. The van der Waals surface area contributed by atoms with Crippen molar-refractivity contribution in [3.05, 3.63) is 65.7 Å². The Morgan fingerprint density at radius 1 is 1.15 bits per heavy atom. The van der Waals surface area contributed by atoms with E-state index in [0.29, 0.717) is 24.2 Å². The Morgan fingerprint density at radius 2 is 1.88 bits per heavy atom. The van der Waals surface area contributed by atoms with E-state index in [1.165, 1.54) is 18.6 Å². The lowest BCUT2D eigenvalue weighted by molar-refractivity contribution is -0.134. The van der Waals surface area contributed by atoms with Crippen LogP contribution >= 0.6 is 0 Å². The topological polar surface area (TPSA) is 67.2 Å². The molecule has 1 aromatic heterocycles. The lowest BCUT2D eigenvalue weighted by Gasteiger charge is -2.45. The van der Waals surface area contributed by atoms with Gasteiger partial charge in [-0.2, -0.15) is 0 Å². The SMILES string of the molecule is C[C@H]1[C@H](C)CCC[C@@H]1NC(=O)[C@]1(C)Cn2c(nc3ccccc32)C(=O)N1Cc1ccc(F)cc1. The molecule has 3 aromatic rings. The number of hydrogen-bond acceptors (Lipinski definition) is 3. The Kier molecular flexibility index (Phi) is 5.66. The number of halogens is 1. The monoisotopic (exact) mass is 462 g/mol. The number of rotatable bonds is 4. The first-order valence-corrected chi connectivity index (χ1v) is 12.1. The van der Waals surface area contributed by atoms with Gasteiger partial charge in [-0.25, -0.2) is 9.37 Å². The summed E-state index contributed by atoms with van der Waals surface area (Å²) in [4.78, 5) is 33.9. The van der Waals surface area contributed by atoms with Crippen molar-refractivity contribution in [3.63, 3.8) is 0 Å². The number of hydrogen-bond donors (Lipinski definition) is 1. The molecular formula is C27H31FN4O2. The highest BCUT2D eigenvalue weighted by atomic mass is 19.1. The fraction of sp³-hybridized carbons (Fsp3) is 0.444. The molecule has 0 radical (unpaired) electrons. The molecule has 1 saturated carbocycles. The molecule has 0 spiro atoms. The first-order chi connectivity index (χ1) is 16.3. The van der Waals surface area contributed by atoms with Crippen molar-refractivity contribution in [2.75, 3.05) is 0 Å². The van der Waals surface area contributed by atoms with Gasteiger partial charge in [0.15, 0.2) is 5.82 Å². The average Bonchev–Trinajstić information content (AvgIpc) is 3.19. The zero-order valence-electron chi connectivity index (χ0n) is 19.9. The van der Waals surface area contributed by atoms with Gasteiger partial charge in [0.2, 0.25) is 5.91 Å². The molecule has 0 unspecified atom stereocenters. The summed E-state index contributed by atoms with van der Waals surface area (Å²) in [5.74, 6) is 0.451. The number of carbonyl (C=O) groups is 2. The summed E-state index contributed by atoms with van der Waals surface area (Å²) in [5, 5.41) is 3.30. The van der Waals surface area contributed by atoms with Crippen molar-refractivity contribution in [3.8, 4) is 0 Å². The van der Waals surface area contributed by atoms with Crippen LogP contribution in [0.2, 0.25) is 0 Å². The van der Waals surface area contributed by atoms with E-state index in [1.54, 1.807) is 17.0 Å². The van der Waals surface area contributed by atoms with Crippen molar-refractivity contribution in [1.82, 2.24) is 19.8 Å². The molecule has 2 aliphatic rings. The van der Waals surface area contributed by atoms with Crippen LogP contribution < -0.4 is 5.32 Å². The number of fused-ring (bicyclic) bond motifs is 3. The minimum Gasteiger partial charge on any atom is -0.351 e. The molecule has 1 fully saturated rings. The van der Waals surface area contributed by atoms with Crippen molar-refractivity contribution in [2.24, 2.45) is 11.8 Å². The molecule has 7 heteroatoms. The van der Waals surface area contributed by atoms with Crippen LogP contribution in [0.3, 0.4) is 0 Å². The predicted molar refractivity (Wildman–Crippen MR) is 129 cm³/mol. The van der Waals surface area contributed by atoms with E-state index in [1.807, 2.05) is 35.8 Å². The average molecular weight is 463 g/mol. The van der Waals surface area contributed by atoms with E-state index < -0.39 is 5.54 Å². The number of aromatic nitrogens is 2. The van der Waals surface area contributed by atoms with Gasteiger partial charge in [-0.05, 0) is 55.0 Å². The molecule has 1 N–H and O–H groups in total. The normalized spacial score (nSPS) is 27.0. The molecule has 2 aromatic carbocycles. The molecule has 4 atom stereocenters. The molecule has 6 nitrogen and oxygen atoms in total. The third-order valence-electron chi connectivity index (χ3n) is 7.92. The minimum atomic E-state index is -1.12. The number of amides is 2. The fourth-order valence-corrected chi connectivity index (χ4v) is 5.46. The lowest BCUT2D eigenvalue weighted by atomic mass is 9.77. The van der Waals surface area contributed by atoms with Crippen LogP contribution in [-0.4, -0.2) is 37.8 Å². The van der Waals surface area contributed by atoms with Gasteiger partial charge in [0, 0.05) is 12.6 Å². The van der Waals surface area contributed by atoms with E-state index in [9.17, 15) is 14.0 Å². The zero-order chi connectivity index (χ0) is 24.0. The number of benzene rings is 2. The first kappa shape index (κ1) is 22.6. The highest BCUT2D eigenvalue weighted by molar-refractivity contribution is 6.01. The van der Waals surface area contributed by atoms with Gasteiger partial charge in [0.25, 0.3) is 5.91 Å². The van der Waals surface area contributed by atoms with E-state index >= 15 is 0 Å². The Labute approximate surface area is 199 Å². The Bertz CT molecular complexity index is 1240. The highest BCUT2D eigenvalue weighted by Gasteiger charge is 2.49. The second-order valence-corrected chi connectivity index (χ2v) is 10.1. The molecule has 34 heavy (non-hydrogen) atoms. The molecule has 0 bridgehead atoms. The second kappa shape index (κ2) is 8.53. The summed E-state index contributed by atoms with van der Waals surface area (Å²) in [7, 11) is 0. The summed E-state index contributed by atoms with van der Waals surface area (Å²) in [6.45, 7) is 6.76. The quantitative estimate of drug-likeness (QED) is 0.619. The maximum absolute atomic E-state index is 13.9. The van der Waals surface area contributed by atoms with E-state index in [2.05, 4.69) is 24.1 Å². The summed E-state index contributed by atoms with van der Waals surface area (Å²) in [6.07, 6.45) is 3.20. The molecule has 2 amide bonds. The van der Waals surface area contributed by atoms with Crippen LogP contribution in [0.5, 0.6) is 0 Å². The molecule has 178 valence electrons. The van der Waals surface area contributed by atoms with Crippen LogP contribution in [-0.2, 0) is 17.9 Å². The van der Waals surface area contributed by atoms with Gasteiger partial charge in [0.1, 0.15) is 11.4 Å². The van der Waals surface area contributed by atoms with E-state index in [0.717, 1.165) is 29.4 Å².